The Kier molecular flexibility index (Phi) is 6.40. The van der Waals surface area contributed by atoms with E-state index in [0.717, 1.165) is 11.3 Å². The largest absolute Gasteiger partial charge is 0.484 e. The summed E-state index contributed by atoms with van der Waals surface area (Å²) in [7, 11) is 0. The standard InChI is InChI=1S/C23H27N3O4/c1-15(2)17-6-8-18(9-7-17)24-20(27)14-30-19-10-4-16(5-11-19)12-13-23(3)21(28)25-22(29)26-23/h4-11,15H,12-14H2,1-3H3,(H,24,27)(H2,25,26,28,29)/t23-/m1/s1. The van der Waals surface area contributed by atoms with Crippen molar-refractivity contribution in [2.75, 3.05) is 11.9 Å². The van der Waals surface area contributed by atoms with Gasteiger partial charge in [0, 0.05) is 5.69 Å². The van der Waals surface area contributed by atoms with Crippen molar-refractivity contribution in [2.45, 2.75) is 45.1 Å². The second kappa shape index (κ2) is 8.98. The normalized spacial score (nSPS) is 18.1. The molecule has 7 nitrogen and oxygen atoms in total. The molecule has 0 aliphatic carbocycles. The average molecular weight is 409 g/mol. The molecule has 1 aliphatic rings. The zero-order valence-corrected chi connectivity index (χ0v) is 17.5. The van der Waals surface area contributed by atoms with Gasteiger partial charge in [-0.05, 0) is 61.1 Å². The highest BCUT2D eigenvalue weighted by atomic mass is 16.5. The van der Waals surface area contributed by atoms with Crippen LogP contribution >= 0.6 is 0 Å². The Balaban J connectivity index is 1.45. The number of nitrogens with one attached hydrogen (secondary N) is 3. The molecule has 0 unspecified atom stereocenters. The van der Waals surface area contributed by atoms with E-state index in [-0.39, 0.29) is 18.4 Å². The van der Waals surface area contributed by atoms with Crippen LogP contribution in [0.1, 0.15) is 44.2 Å². The molecule has 0 saturated carbocycles. The second-order valence-corrected chi connectivity index (χ2v) is 8.00. The maximum absolute atomic E-state index is 12.1. The summed E-state index contributed by atoms with van der Waals surface area (Å²) in [4.78, 5) is 35.3. The summed E-state index contributed by atoms with van der Waals surface area (Å²) in [5.74, 6) is 0.491. The second-order valence-electron chi connectivity index (χ2n) is 8.00. The molecule has 1 fully saturated rings. The third-order valence-electron chi connectivity index (χ3n) is 5.19. The monoisotopic (exact) mass is 409 g/mol. The molecule has 158 valence electrons. The van der Waals surface area contributed by atoms with Gasteiger partial charge < -0.3 is 15.4 Å². The fraction of sp³-hybridized carbons (Fsp3) is 0.348. The van der Waals surface area contributed by atoms with E-state index in [9.17, 15) is 14.4 Å². The Morgan fingerprint density at radius 3 is 2.30 bits per heavy atom. The molecule has 0 aromatic heterocycles. The molecular formula is C23H27N3O4. The first kappa shape index (κ1) is 21.4. The number of amides is 4. The number of carbonyl (C=O) groups is 3. The van der Waals surface area contributed by atoms with Gasteiger partial charge in [0.2, 0.25) is 0 Å². The number of rotatable bonds is 8. The minimum absolute atomic E-state index is 0.0877. The minimum Gasteiger partial charge on any atom is -0.484 e. The first-order valence-electron chi connectivity index (χ1n) is 10.0. The number of aryl methyl sites for hydroxylation is 1. The Hall–Kier alpha value is -3.35. The van der Waals surface area contributed by atoms with Gasteiger partial charge in [-0.25, -0.2) is 4.79 Å². The van der Waals surface area contributed by atoms with Crippen LogP contribution in [0, 0.1) is 0 Å². The van der Waals surface area contributed by atoms with Crippen LogP contribution in [0.25, 0.3) is 0 Å². The average Bonchev–Trinajstić information content (AvgIpc) is 2.97. The van der Waals surface area contributed by atoms with Crippen LogP contribution in [-0.4, -0.2) is 30.0 Å². The molecule has 0 bridgehead atoms. The van der Waals surface area contributed by atoms with Crippen LogP contribution in [0.5, 0.6) is 5.75 Å². The highest BCUT2D eigenvalue weighted by Crippen LogP contribution is 2.20. The fourth-order valence-electron chi connectivity index (χ4n) is 3.20. The molecule has 0 radical (unpaired) electrons. The number of carbonyl (C=O) groups excluding carboxylic acids is 3. The van der Waals surface area contributed by atoms with E-state index in [2.05, 4.69) is 29.8 Å². The maximum atomic E-state index is 12.1. The van der Waals surface area contributed by atoms with Gasteiger partial charge in [-0.2, -0.15) is 0 Å². The van der Waals surface area contributed by atoms with Crippen LogP contribution in [0.2, 0.25) is 0 Å². The third-order valence-corrected chi connectivity index (χ3v) is 5.19. The molecule has 2 aromatic rings. The molecule has 7 heteroatoms. The van der Waals surface area contributed by atoms with E-state index >= 15 is 0 Å². The first-order valence-corrected chi connectivity index (χ1v) is 10.0. The van der Waals surface area contributed by atoms with Crippen molar-refractivity contribution in [2.24, 2.45) is 0 Å². The predicted molar refractivity (Wildman–Crippen MR) is 114 cm³/mol. The zero-order chi connectivity index (χ0) is 21.7. The lowest BCUT2D eigenvalue weighted by Gasteiger charge is -2.20. The van der Waals surface area contributed by atoms with Crippen LogP contribution < -0.4 is 20.7 Å². The lowest BCUT2D eigenvalue weighted by molar-refractivity contribution is -0.123. The molecule has 1 aliphatic heterocycles. The Labute approximate surface area is 176 Å². The van der Waals surface area contributed by atoms with Crippen molar-refractivity contribution in [1.29, 1.82) is 0 Å². The highest BCUT2D eigenvalue weighted by Gasteiger charge is 2.41. The summed E-state index contributed by atoms with van der Waals surface area (Å²) in [6.07, 6.45) is 1.11. The van der Waals surface area contributed by atoms with E-state index < -0.39 is 11.6 Å². The lowest BCUT2D eigenvalue weighted by atomic mass is 9.93. The van der Waals surface area contributed by atoms with E-state index in [4.69, 9.17) is 4.74 Å². The molecular weight excluding hydrogens is 382 g/mol. The molecule has 1 saturated heterocycles. The Morgan fingerprint density at radius 2 is 1.73 bits per heavy atom. The van der Waals surface area contributed by atoms with Gasteiger partial charge in [-0.15, -0.1) is 0 Å². The van der Waals surface area contributed by atoms with E-state index in [1.54, 1.807) is 19.1 Å². The Morgan fingerprint density at radius 1 is 1.07 bits per heavy atom. The molecule has 1 heterocycles. The van der Waals surface area contributed by atoms with Crippen molar-refractivity contribution in [3.63, 3.8) is 0 Å². The summed E-state index contributed by atoms with van der Waals surface area (Å²) in [5.41, 5.74) is 2.07. The molecule has 1 atom stereocenters. The van der Waals surface area contributed by atoms with E-state index in [1.807, 2.05) is 36.4 Å². The summed E-state index contributed by atoms with van der Waals surface area (Å²) < 4.78 is 5.55. The van der Waals surface area contributed by atoms with Gasteiger partial charge in [-0.1, -0.05) is 38.1 Å². The van der Waals surface area contributed by atoms with Gasteiger partial charge in [-0.3, -0.25) is 14.9 Å². The topological polar surface area (TPSA) is 96.5 Å². The quantitative estimate of drug-likeness (QED) is 0.583. The highest BCUT2D eigenvalue weighted by molar-refractivity contribution is 6.06. The molecule has 2 aromatic carbocycles. The minimum atomic E-state index is -0.891. The van der Waals surface area contributed by atoms with Gasteiger partial charge in [0.25, 0.3) is 11.8 Å². The lowest BCUT2D eigenvalue weighted by Crippen LogP contribution is -2.43. The van der Waals surface area contributed by atoms with Crippen LogP contribution in [0.15, 0.2) is 48.5 Å². The Bertz CT molecular complexity index is 922. The molecule has 3 N–H and O–H groups in total. The van der Waals surface area contributed by atoms with E-state index in [0.29, 0.717) is 24.5 Å². The first-order chi connectivity index (χ1) is 14.2. The van der Waals surface area contributed by atoms with Crippen molar-refractivity contribution in [3.05, 3.63) is 59.7 Å². The fourth-order valence-corrected chi connectivity index (χ4v) is 3.20. The van der Waals surface area contributed by atoms with Gasteiger partial charge >= 0.3 is 6.03 Å². The van der Waals surface area contributed by atoms with Crippen LogP contribution in [-0.2, 0) is 16.0 Å². The maximum Gasteiger partial charge on any atom is 0.322 e. The van der Waals surface area contributed by atoms with Crippen LogP contribution in [0.4, 0.5) is 10.5 Å². The van der Waals surface area contributed by atoms with Crippen molar-refractivity contribution < 1.29 is 19.1 Å². The number of hydrogen-bond donors (Lipinski definition) is 3. The summed E-state index contributed by atoms with van der Waals surface area (Å²) in [5, 5.41) is 7.73. The summed E-state index contributed by atoms with van der Waals surface area (Å²) >= 11 is 0. The SMILES string of the molecule is CC(C)c1ccc(NC(=O)COc2ccc(CC[C@@]3(C)NC(=O)NC3=O)cc2)cc1. The summed E-state index contributed by atoms with van der Waals surface area (Å²) in [6, 6.07) is 14.7. The van der Waals surface area contributed by atoms with Gasteiger partial charge in [0.05, 0.1) is 0 Å². The number of urea groups is 1. The number of benzene rings is 2. The number of imide groups is 1. The molecule has 3 rings (SSSR count). The van der Waals surface area contributed by atoms with E-state index in [1.165, 1.54) is 5.56 Å². The van der Waals surface area contributed by atoms with Gasteiger partial charge in [0.1, 0.15) is 11.3 Å². The third kappa shape index (κ3) is 5.37. The number of ether oxygens (including phenoxy) is 1. The number of anilines is 1. The number of hydrogen-bond acceptors (Lipinski definition) is 4. The smallest absolute Gasteiger partial charge is 0.322 e. The summed E-state index contributed by atoms with van der Waals surface area (Å²) in [6.45, 7) is 5.86. The predicted octanol–water partition coefficient (Wildman–Crippen LogP) is 3.36. The molecule has 30 heavy (non-hydrogen) atoms. The molecule has 0 spiro atoms. The van der Waals surface area contributed by atoms with Crippen molar-refractivity contribution >= 4 is 23.5 Å². The molecule has 4 amide bonds. The van der Waals surface area contributed by atoms with Crippen LogP contribution in [0.3, 0.4) is 0 Å². The zero-order valence-electron chi connectivity index (χ0n) is 17.5. The van der Waals surface area contributed by atoms with Crippen molar-refractivity contribution in [1.82, 2.24) is 10.6 Å². The van der Waals surface area contributed by atoms with Crippen molar-refractivity contribution in [3.8, 4) is 5.75 Å². The van der Waals surface area contributed by atoms with Gasteiger partial charge in [0.15, 0.2) is 6.61 Å².